The normalized spacial score (nSPS) is 20.4. The summed E-state index contributed by atoms with van der Waals surface area (Å²) in [7, 11) is 3.51. The van der Waals surface area contributed by atoms with Gasteiger partial charge in [-0.25, -0.2) is 4.79 Å². The number of carbonyl (C=O) groups is 2. The van der Waals surface area contributed by atoms with Crippen LogP contribution in [0, 0.1) is 5.92 Å². The summed E-state index contributed by atoms with van der Waals surface area (Å²) in [5, 5.41) is 2.87. The van der Waals surface area contributed by atoms with Gasteiger partial charge in [-0.2, -0.15) is 0 Å². The van der Waals surface area contributed by atoms with E-state index in [-0.39, 0.29) is 30.0 Å². The lowest BCUT2D eigenvalue weighted by Crippen LogP contribution is -2.49. The summed E-state index contributed by atoms with van der Waals surface area (Å²) in [6.45, 7) is 6.82. The van der Waals surface area contributed by atoms with Gasteiger partial charge < -0.3 is 25.6 Å². The summed E-state index contributed by atoms with van der Waals surface area (Å²) in [5.41, 5.74) is 6.79. The van der Waals surface area contributed by atoms with E-state index >= 15 is 0 Å². The maximum absolute atomic E-state index is 12.6. The van der Waals surface area contributed by atoms with Crippen molar-refractivity contribution in [2.24, 2.45) is 5.92 Å². The van der Waals surface area contributed by atoms with Gasteiger partial charge >= 0.3 is 6.03 Å². The zero-order valence-electron chi connectivity index (χ0n) is 15.6. The van der Waals surface area contributed by atoms with Crippen LogP contribution in [-0.4, -0.2) is 61.1 Å². The number of anilines is 1. The first kappa shape index (κ1) is 18.9. The molecule has 1 aromatic rings. The summed E-state index contributed by atoms with van der Waals surface area (Å²) in [6, 6.07) is 4.99. The molecule has 1 heterocycles. The van der Waals surface area contributed by atoms with Crippen LogP contribution in [0.2, 0.25) is 0 Å². The first-order valence-electron chi connectivity index (χ1n) is 8.52. The van der Waals surface area contributed by atoms with Crippen molar-refractivity contribution in [1.82, 2.24) is 15.1 Å². The van der Waals surface area contributed by atoms with Crippen LogP contribution in [0.5, 0.6) is 5.75 Å². The number of hydrogen-bond donors (Lipinski definition) is 2. The highest BCUT2D eigenvalue weighted by atomic mass is 16.5. The van der Waals surface area contributed by atoms with E-state index in [0.717, 1.165) is 0 Å². The predicted molar refractivity (Wildman–Crippen MR) is 97.7 cm³/mol. The molecule has 0 fully saturated rings. The molecule has 0 spiro atoms. The molecule has 138 valence electrons. The van der Waals surface area contributed by atoms with Gasteiger partial charge in [0.05, 0.1) is 12.1 Å². The van der Waals surface area contributed by atoms with Crippen LogP contribution in [0.3, 0.4) is 0 Å². The highest BCUT2D eigenvalue weighted by molar-refractivity contribution is 5.97. The minimum atomic E-state index is -0.235. The number of nitrogen functional groups attached to an aromatic ring is 1. The van der Waals surface area contributed by atoms with Gasteiger partial charge in [0.2, 0.25) is 0 Å². The molecule has 0 radical (unpaired) electrons. The first-order valence-corrected chi connectivity index (χ1v) is 8.52. The lowest BCUT2D eigenvalue weighted by molar-refractivity contribution is 0.0577. The number of rotatable bonds is 3. The van der Waals surface area contributed by atoms with Crippen molar-refractivity contribution in [2.75, 3.05) is 32.9 Å². The Hall–Kier alpha value is -2.44. The van der Waals surface area contributed by atoms with Gasteiger partial charge in [0, 0.05) is 38.3 Å². The van der Waals surface area contributed by atoms with Crippen LogP contribution in [0.4, 0.5) is 10.5 Å². The average Bonchev–Trinajstić information content (AvgIpc) is 2.53. The summed E-state index contributed by atoms with van der Waals surface area (Å²) >= 11 is 0. The monoisotopic (exact) mass is 348 g/mol. The quantitative estimate of drug-likeness (QED) is 0.815. The smallest absolute Gasteiger partial charge is 0.317 e. The molecule has 0 unspecified atom stereocenters. The molecule has 0 aliphatic carbocycles. The topological polar surface area (TPSA) is 87.9 Å². The van der Waals surface area contributed by atoms with Crippen LogP contribution in [0.15, 0.2) is 18.2 Å². The van der Waals surface area contributed by atoms with Gasteiger partial charge in [-0.05, 0) is 32.0 Å². The van der Waals surface area contributed by atoms with Crippen LogP contribution >= 0.6 is 0 Å². The molecule has 3 amide bonds. The molecule has 7 nitrogen and oxygen atoms in total. The third-order valence-electron chi connectivity index (χ3n) is 4.27. The van der Waals surface area contributed by atoms with Crippen LogP contribution in [0.1, 0.15) is 31.1 Å². The minimum absolute atomic E-state index is 0.0638. The van der Waals surface area contributed by atoms with Crippen LogP contribution < -0.4 is 15.8 Å². The SMILES string of the molecule is CC(C)NC(=O)N(C)C[C@H]1Oc2ccc(N)cc2C(=O)N(C)C[C@@H]1C. The van der Waals surface area contributed by atoms with Gasteiger partial charge in [-0.15, -0.1) is 0 Å². The first-order chi connectivity index (χ1) is 11.7. The fourth-order valence-electron chi connectivity index (χ4n) is 2.86. The molecular formula is C18H28N4O3. The van der Waals surface area contributed by atoms with Crippen molar-refractivity contribution in [2.45, 2.75) is 32.9 Å². The van der Waals surface area contributed by atoms with Crippen molar-refractivity contribution in [3.63, 3.8) is 0 Å². The number of amides is 3. The largest absolute Gasteiger partial charge is 0.487 e. The summed E-state index contributed by atoms with van der Waals surface area (Å²) in [5.74, 6) is 0.452. The van der Waals surface area contributed by atoms with E-state index in [1.165, 1.54) is 0 Å². The number of nitrogens with zero attached hydrogens (tertiary/aromatic N) is 2. The molecule has 7 heteroatoms. The van der Waals surface area contributed by atoms with Gasteiger partial charge in [0.25, 0.3) is 5.91 Å². The Kier molecular flexibility index (Phi) is 5.77. The molecule has 1 aliphatic rings. The second kappa shape index (κ2) is 7.63. The second-order valence-corrected chi connectivity index (χ2v) is 7.06. The number of nitrogens with two attached hydrogens (primary N) is 1. The van der Waals surface area contributed by atoms with Gasteiger partial charge in [0.15, 0.2) is 0 Å². The minimum Gasteiger partial charge on any atom is -0.487 e. The van der Waals surface area contributed by atoms with Gasteiger partial charge in [0.1, 0.15) is 11.9 Å². The molecule has 2 atom stereocenters. The van der Waals surface area contributed by atoms with E-state index in [0.29, 0.717) is 30.1 Å². The van der Waals surface area contributed by atoms with Crippen molar-refractivity contribution < 1.29 is 14.3 Å². The maximum Gasteiger partial charge on any atom is 0.317 e. The number of fused-ring (bicyclic) bond motifs is 1. The lowest BCUT2D eigenvalue weighted by Gasteiger charge is -2.35. The summed E-state index contributed by atoms with van der Waals surface area (Å²) < 4.78 is 6.12. The molecule has 25 heavy (non-hydrogen) atoms. The van der Waals surface area contributed by atoms with Crippen molar-refractivity contribution in [1.29, 1.82) is 0 Å². The number of benzene rings is 1. The third-order valence-corrected chi connectivity index (χ3v) is 4.27. The highest BCUT2D eigenvalue weighted by Crippen LogP contribution is 2.28. The number of nitrogens with one attached hydrogen (secondary N) is 1. The molecule has 1 aromatic carbocycles. The molecule has 0 bridgehead atoms. The molecule has 1 aliphatic heterocycles. The van der Waals surface area contributed by atoms with Crippen molar-refractivity contribution in [3.05, 3.63) is 23.8 Å². The highest BCUT2D eigenvalue weighted by Gasteiger charge is 2.30. The van der Waals surface area contributed by atoms with E-state index in [9.17, 15) is 9.59 Å². The number of carbonyl (C=O) groups excluding carboxylic acids is 2. The van der Waals surface area contributed by atoms with Crippen LogP contribution in [-0.2, 0) is 0 Å². The third kappa shape index (κ3) is 4.55. The lowest BCUT2D eigenvalue weighted by atomic mass is 10.0. The van der Waals surface area contributed by atoms with E-state index in [1.54, 1.807) is 42.1 Å². The standard InChI is InChI=1S/C18H28N4O3/c1-11(2)20-18(24)22(5)10-16-12(3)9-21(4)17(23)14-8-13(19)6-7-15(14)25-16/h6-8,11-12,16H,9-10,19H2,1-5H3,(H,20,24)/t12-,16+/m0/s1. The Morgan fingerprint density at radius 2 is 2.16 bits per heavy atom. The van der Waals surface area contributed by atoms with Crippen LogP contribution in [0.25, 0.3) is 0 Å². The number of urea groups is 1. The fraction of sp³-hybridized carbons (Fsp3) is 0.556. The van der Waals surface area contributed by atoms with E-state index < -0.39 is 0 Å². The summed E-state index contributed by atoms with van der Waals surface area (Å²) in [4.78, 5) is 28.0. The zero-order valence-corrected chi connectivity index (χ0v) is 15.6. The van der Waals surface area contributed by atoms with E-state index in [4.69, 9.17) is 10.5 Å². The Bertz CT molecular complexity index is 647. The summed E-state index contributed by atoms with van der Waals surface area (Å²) in [6.07, 6.45) is -0.235. The number of ether oxygens (including phenoxy) is 1. The Morgan fingerprint density at radius 1 is 1.48 bits per heavy atom. The zero-order chi connectivity index (χ0) is 18.7. The molecular weight excluding hydrogens is 320 g/mol. The molecule has 0 aromatic heterocycles. The van der Waals surface area contributed by atoms with E-state index in [1.807, 2.05) is 20.8 Å². The van der Waals surface area contributed by atoms with Crippen molar-refractivity contribution >= 4 is 17.6 Å². The second-order valence-electron chi connectivity index (χ2n) is 7.06. The number of likely N-dealkylation sites (N-methyl/N-ethyl adjacent to an activating group) is 1. The Labute approximate surface area is 149 Å². The van der Waals surface area contributed by atoms with Crippen molar-refractivity contribution in [3.8, 4) is 5.75 Å². The average molecular weight is 348 g/mol. The number of hydrogen-bond acceptors (Lipinski definition) is 4. The predicted octanol–water partition coefficient (Wildman–Crippen LogP) is 1.79. The Morgan fingerprint density at radius 3 is 2.80 bits per heavy atom. The molecule has 0 saturated heterocycles. The van der Waals surface area contributed by atoms with E-state index in [2.05, 4.69) is 5.32 Å². The molecule has 2 rings (SSSR count). The maximum atomic E-state index is 12.6. The Balaban J connectivity index is 2.24. The molecule has 3 N–H and O–H groups in total. The van der Waals surface area contributed by atoms with Gasteiger partial charge in [-0.3, -0.25) is 4.79 Å². The molecule has 0 saturated carbocycles. The fourth-order valence-corrected chi connectivity index (χ4v) is 2.86. The van der Waals surface area contributed by atoms with Gasteiger partial charge in [-0.1, -0.05) is 6.92 Å².